The fourth-order valence-corrected chi connectivity index (χ4v) is 14.0. The number of amides is 4. The summed E-state index contributed by atoms with van der Waals surface area (Å²) < 4.78 is 39.6. The predicted octanol–water partition coefficient (Wildman–Crippen LogP) is 5.27. The number of likely N-dealkylation sites (N-methyl/N-ethyl adjacent to an activating group) is 1. The standard InChI is InChI=1S/C69H83FN6O16/c1-5-69(88)52-31-56-61-50(35-76(56)66(85)51(52)37-92-68(69)87)60-55(19-18-48-39(3)53(70)32-54(74-61)59(48)60)75(4)67(86)63(42-15-16-42)91-23-21-45(77)33-73-65(84)44(28-40-9-7-6-8-10-40)30-47(79)34-72-58(81)20-17-46(78)36-90-26-25-89-24-22-71-64(83)43-13-11-41(12-14-43)29-49-57(80)27-38(2)62(49)82/h6-10,31-32,38,41-44,49,55,63,88H,5,11-30,33-37H2,1-4H3,(H,71,83)(H,72,81)(H,73,84)/t38?,41?,43?,44-,49?,55+,63?,69+/m1/s1. The van der Waals surface area contributed by atoms with E-state index >= 15 is 4.39 Å². The van der Waals surface area contributed by atoms with Crippen molar-refractivity contribution in [3.05, 3.63) is 97.6 Å². The van der Waals surface area contributed by atoms with Gasteiger partial charge >= 0.3 is 5.97 Å². The van der Waals surface area contributed by atoms with Gasteiger partial charge in [-0.2, -0.15) is 0 Å². The van der Waals surface area contributed by atoms with Gasteiger partial charge in [0.05, 0.1) is 80.5 Å². The molecule has 0 spiro atoms. The maximum absolute atomic E-state index is 15.6. The molecule has 3 fully saturated rings. The number of ether oxygens (including phenoxy) is 4. The van der Waals surface area contributed by atoms with Crippen LogP contribution >= 0.6 is 0 Å². The first-order valence-corrected chi connectivity index (χ1v) is 32.5. The molecule has 3 unspecified atom stereocenters. The van der Waals surface area contributed by atoms with E-state index in [9.17, 15) is 57.8 Å². The van der Waals surface area contributed by atoms with Gasteiger partial charge in [-0.25, -0.2) is 14.2 Å². The summed E-state index contributed by atoms with van der Waals surface area (Å²) in [4.78, 5) is 151. The Morgan fingerprint density at radius 1 is 0.848 bits per heavy atom. The SMILES string of the molecule is CC[C@@]1(O)C(=O)OCc2c1cc1n(c2=O)Cc2c-1nc1cc(F)c(C)c3c1c2[C@@H](N(C)C(=O)C(OCCC(=O)CNC(=O)[C@@H](CC(=O)CNC(=O)CCC(=O)COCCOCCNC(=O)C1CCC(CC2C(=O)CC(C)C2=O)CC1)Cc1ccccc1)C1CC1)CC3. The highest BCUT2D eigenvalue weighted by molar-refractivity contribution is 6.09. The number of halogens is 1. The number of aromatic nitrogens is 2. The number of fused-ring (bicyclic) bond motifs is 5. The zero-order valence-electron chi connectivity index (χ0n) is 52.8. The summed E-state index contributed by atoms with van der Waals surface area (Å²) in [5, 5.41) is 20.3. The fraction of sp³-hybridized carbons (Fsp3) is 0.565. The van der Waals surface area contributed by atoms with Crippen molar-refractivity contribution in [2.45, 2.75) is 154 Å². The molecule has 10 rings (SSSR count). The maximum atomic E-state index is 15.6. The van der Waals surface area contributed by atoms with E-state index in [1.807, 2.05) is 25.1 Å². The first kappa shape index (κ1) is 67.2. The smallest absolute Gasteiger partial charge is 0.343 e. The monoisotopic (exact) mass is 1270 g/mol. The number of nitrogens with one attached hydrogen (secondary N) is 3. The topological polar surface area (TPSA) is 302 Å². The second-order valence-corrected chi connectivity index (χ2v) is 25.8. The Morgan fingerprint density at radius 2 is 1.59 bits per heavy atom. The molecule has 3 saturated carbocycles. The molecule has 492 valence electrons. The van der Waals surface area contributed by atoms with Crippen LogP contribution in [0.15, 0.2) is 47.3 Å². The lowest BCUT2D eigenvalue weighted by Gasteiger charge is -2.36. The first-order valence-electron chi connectivity index (χ1n) is 32.5. The Labute approximate surface area is 532 Å². The second-order valence-electron chi connectivity index (χ2n) is 25.8. The van der Waals surface area contributed by atoms with E-state index in [4.69, 9.17) is 23.9 Å². The highest BCUT2D eigenvalue weighted by Gasteiger charge is 2.47. The van der Waals surface area contributed by atoms with Crippen molar-refractivity contribution in [1.29, 1.82) is 0 Å². The van der Waals surface area contributed by atoms with Crippen LogP contribution in [0.1, 0.15) is 149 Å². The molecule has 0 radical (unpaired) electrons. The van der Waals surface area contributed by atoms with Gasteiger partial charge in [0, 0.05) is 86.0 Å². The average molecular weight is 1270 g/mol. The number of aryl methyl sites for hydroxylation is 1. The Kier molecular flexibility index (Phi) is 21.5. The van der Waals surface area contributed by atoms with Crippen LogP contribution in [-0.4, -0.2) is 144 Å². The molecular formula is C69H83FN6O16. The molecule has 0 bridgehead atoms. The lowest BCUT2D eigenvalue weighted by molar-refractivity contribution is -0.172. The number of benzene rings is 2. The lowest BCUT2D eigenvalue weighted by Crippen LogP contribution is -2.44. The van der Waals surface area contributed by atoms with E-state index in [1.54, 1.807) is 44.0 Å². The zero-order chi connectivity index (χ0) is 65.5. The Hall–Kier alpha value is -7.73. The molecule has 6 aliphatic rings. The molecule has 0 saturated heterocycles. The number of aliphatic hydroxyl groups is 1. The third kappa shape index (κ3) is 15.0. The molecule has 2 aliphatic heterocycles. The van der Waals surface area contributed by atoms with Crippen LogP contribution in [-0.2, 0) is 98.5 Å². The molecule has 4 aromatic rings. The van der Waals surface area contributed by atoms with Gasteiger partial charge in [-0.05, 0) is 118 Å². The molecule has 6 atom stereocenters. The van der Waals surface area contributed by atoms with E-state index in [0.717, 1.165) is 42.4 Å². The molecule has 92 heavy (non-hydrogen) atoms. The minimum absolute atomic E-state index is 0.0435. The summed E-state index contributed by atoms with van der Waals surface area (Å²) in [7, 11) is 1.69. The summed E-state index contributed by atoms with van der Waals surface area (Å²) in [6.45, 7) is 4.63. The van der Waals surface area contributed by atoms with Crippen molar-refractivity contribution >= 4 is 69.4 Å². The average Bonchev–Trinajstić information content (AvgIpc) is 1.46. The van der Waals surface area contributed by atoms with Crippen LogP contribution in [0.3, 0.4) is 0 Å². The number of cyclic esters (lactones) is 1. The van der Waals surface area contributed by atoms with Crippen molar-refractivity contribution in [3.8, 4) is 11.4 Å². The van der Waals surface area contributed by atoms with Crippen LogP contribution < -0.4 is 21.5 Å². The minimum Gasteiger partial charge on any atom is -0.458 e. The Bertz CT molecular complexity index is 3610. The van der Waals surface area contributed by atoms with Crippen LogP contribution in [0.2, 0.25) is 0 Å². The zero-order valence-corrected chi connectivity index (χ0v) is 52.8. The number of carbonyl (C=O) groups excluding carboxylic acids is 10. The molecule has 4 N–H and O–H groups in total. The van der Waals surface area contributed by atoms with E-state index in [0.29, 0.717) is 78.5 Å². The molecule has 2 aromatic carbocycles. The molecule has 4 aliphatic carbocycles. The lowest BCUT2D eigenvalue weighted by atomic mass is 9.77. The number of rotatable bonds is 31. The number of hydrogen-bond donors (Lipinski definition) is 4. The summed E-state index contributed by atoms with van der Waals surface area (Å²) in [6, 6.07) is 11.4. The molecule has 22 nitrogen and oxygen atoms in total. The normalized spacial score (nSPS) is 22.0. The fourth-order valence-electron chi connectivity index (χ4n) is 14.0. The highest BCUT2D eigenvalue weighted by Crippen LogP contribution is 2.48. The second kappa shape index (κ2) is 29.5. The number of ketones is 5. The van der Waals surface area contributed by atoms with Crippen LogP contribution in [0, 0.1) is 48.2 Å². The van der Waals surface area contributed by atoms with Crippen LogP contribution in [0.4, 0.5) is 4.39 Å². The van der Waals surface area contributed by atoms with Gasteiger partial charge in [-0.15, -0.1) is 0 Å². The molecular weight excluding hydrogens is 1190 g/mol. The number of esters is 1. The number of carbonyl (C=O) groups is 10. The summed E-state index contributed by atoms with van der Waals surface area (Å²) in [5.41, 5.74) is 2.26. The number of Topliss-reactive ketones (excluding diaryl/α,β-unsaturated/α-hetero) is 5. The van der Waals surface area contributed by atoms with Gasteiger partial charge in [0.1, 0.15) is 36.7 Å². The van der Waals surface area contributed by atoms with Crippen molar-refractivity contribution in [1.82, 2.24) is 30.4 Å². The Morgan fingerprint density at radius 3 is 2.30 bits per heavy atom. The Balaban J connectivity index is 0.647. The largest absolute Gasteiger partial charge is 0.458 e. The number of pyridine rings is 2. The maximum Gasteiger partial charge on any atom is 0.343 e. The van der Waals surface area contributed by atoms with Crippen molar-refractivity contribution in [2.24, 2.45) is 35.5 Å². The number of hydrogen-bond acceptors (Lipinski definition) is 17. The summed E-state index contributed by atoms with van der Waals surface area (Å²) >= 11 is 0. The van der Waals surface area contributed by atoms with Gasteiger partial charge in [-0.1, -0.05) is 44.2 Å². The summed E-state index contributed by atoms with van der Waals surface area (Å²) in [5.74, 6) is -5.32. The third-order valence-corrected chi connectivity index (χ3v) is 19.6. The molecule has 2 aromatic heterocycles. The van der Waals surface area contributed by atoms with Crippen molar-refractivity contribution in [3.63, 3.8) is 0 Å². The summed E-state index contributed by atoms with van der Waals surface area (Å²) in [6.07, 6.45) is 4.77. The van der Waals surface area contributed by atoms with E-state index < -0.39 is 64.5 Å². The molecule has 4 heterocycles. The quantitative estimate of drug-likeness (QED) is 0.0250. The predicted molar refractivity (Wildman–Crippen MR) is 331 cm³/mol. The van der Waals surface area contributed by atoms with Gasteiger partial charge < -0.3 is 49.5 Å². The van der Waals surface area contributed by atoms with E-state index in [-0.39, 0.29) is 168 Å². The van der Waals surface area contributed by atoms with Gasteiger partial charge in [0.15, 0.2) is 23.0 Å². The first-order chi connectivity index (χ1) is 44.1. The highest BCUT2D eigenvalue weighted by atomic mass is 19.1. The van der Waals surface area contributed by atoms with Gasteiger partial charge in [-0.3, -0.25) is 47.9 Å². The van der Waals surface area contributed by atoms with Crippen molar-refractivity contribution < 1.29 is 76.4 Å². The van der Waals surface area contributed by atoms with Crippen LogP contribution in [0.5, 0.6) is 0 Å². The van der Waals surface area contributed by atoms with Gasteiger partial charge in [0.25, 0.3) is 11.5 Å². The van der Waals surface area contributed by atoms with Gasteiger partial charge in [0.2, 0.25) is 17.7 Å². The minimum atomic E-state index is -2.05. The van der Waals surface area contributed by atoms with E-state index in [1.165, 1.54) is 10.6 Å². The van der Waals surface area contributed by atoms with Crippen LogP contribution in [0.25, 0.3) is 22.3 Å². The molecule has 23 heteroatoms. The third-order valence-electron chi connectivity index (χ3n) is 19.6. The van der Waals surface area contributed by atoms with Crippen molar-refractivity contribution in [2.75, 3.05) is 59.7 Å². The molecule has 4 amide bonds. The van der Waals surface area contributed by atoms with E-state index in [2.05, 4.69) is 16.0 Å². The number of nitrogens with zero attached hydrogens (tertiary/aromatic N) is 3.